The predicted octanol–water partition coefficient (Wildman–Crippen LogP) is 5.01. The predicted molar refractivity (Wildman–Crippen MR) is 81.9 cm³/mol. The molecule has 1 saturated carbocycles. The fourth-order valence-corrected chi connectivity index (χ4v) is 3.54. The van der Waals surface area contributed by atoms with E-state index in [0.717, 1.165) is 17.8 Å². The molecule has 1 N–H and O–H groups in total. The molecule has 0 saturated heterocycles. The van der Waals surface area contributed by atoms with Gasteiger partial charge in [0.2, 0.25) is 0 Å². The Morgan fingerprint density at radius 3 is 2.44 bits per heavy atom. The van der Waals surface area contributed by atoms with Gasteiger partial charge in [-0.2, -0.15) is 0 Å². The lowest BCUT2D eigenvalue weighted by molar-refractivity contribution is 0.160. The van der Waals surface area contributed by atoms with Gasteiger partial charge in [0.25, 0.3) is 0 Å². The van der Waals surface area contributed by atoms with Gasteiger partial charge in [0, 0.05) is 0 Å². The maximum atomic E-state index is 3.66. The molecule has 1 aliphatic carbocycles. The molecule has 3 unspecified atom stereocenters. The van der Waals surface area contributed by atoms with Crippen LogP contribution in [0.3, 0.4) is 0 Å². The third kappa shape index (κ3) is 5.73. The van der Waals surface area contributed by atoms with Gasteiger partial charge in [0.1, 0.15) is 0 Å². The van der Waals surface area contributed by atoms with Crippen molar-refractivity contribution in [3.8, 4) is 0 Å². The van der Waals surface area contributed by atoms with Crippen molar-refractivity contribution in [3.05, 3.63) is 0 Å². The van der Waals surface area contributed by atoms with Crippen molar-refractivity contribution in [3.63, 3.8) is 0 Å². The Balaban J connectivity index is 2.35. The highest BCUT2D eigenvalue weighted by Crippen LogP contribution is 2.38. The molecule has 1 heteroatoms. The van der Waals surface area contributed by atoms with Crippen molar-refractivity contribution < 1.29 is 0 Å². The van der Waals surface area contributed by atoms with E-state index in [1.54, 1.807) is 0 Å². The van der Waals surface area contributed by atoms with Gasteiger partial charge in [-0.1, -0.05) is 59.3 Å². The standard InChI is InChI=1S/C17H35N/c1-4-7-8-9-16-13-15(6-3)10-11-17(16)14-18-12-5-2/h15-18H,4-14H2,1-3H3. The smallest absolute Gasteiger partial charge is 0.00179 e. The summed E-state index contributed by atoms with van der Waals surface area (Å²) in [5.74, 6) is 3.01. The SMILES string of the molecule is CCCCCC1CC(CC)CCC1CNCCC. The van der Waals surface area contributed by atoms with Crippen LogP contribution in [0.15, 0.2) is 0 Å². The highest BCUT2D eigenvalue weighted by molar-refractivity contribution is 4.81. The normalized spacial score (nSPS) is 28.5. The van der Waals surface area contributed by atoms with Gasteiger partial charge >= 0.3 is 0 Å². The molecule has 1 fully saturated rings. The van der Waals surface area contributed by atoms with E-state index in [2.05, 4.69) is 26.1 Å². The zero-order valence-corrected chi connectivity index (χ0v) is 13.0. The largest absolute Gasteiger partial charge is 0.316 e. The minimum atomic E-state index is 0.969. The zero-order valence-electron chi connectivity index (χ0n) is 13.0. The quantitative estimate of drug-likeness (QED) is 0.570. The number of nitrogens with one attached hydrogen (secondary N) is 1. The first-order chi connectivity index (χ1) is 8.81. The lowest BCUT2D eigenvalue weighted by Gasteiger charge is -2.36. The third-order valence-corrected chi connectivity index (χ3v) is 4.84. The molecule has 1 rings (SSSR count). The Morgan fingerprint density at radius 2 is 1.78 bits per heavy atom. The molecule has 0 aliphatic heterocycles. The van der Waals surface area contributed by atoms with Crippen molar-refractivity contribution in [1.82, 2.24) is 5.32 Å². The van der Waals surface area contributed by atoms with Gasteiger partial charge < -0.3 is 5.32 Å². The van der Waals surface area contributed by atoms with Crippen LogP contribution in [0.4, 0.5) is 0 Å². The summed E-state index contributed by atoms with van der Waals surface area (Å²) in [6.45, 7) is 9.44. The first kappa shape index (κ1) is 16.0. The molecule has 0 bridgehead atoms. The van der Waals surface area contributed by atoms with Crippen LogP contribution in [0, 0.1) is 17.8 Å². The first-order valence-electron chi connectivity index (χ1n) is 8.52. The number of unbranched alkanes of at least 4 members (excludes halogenated alkanes) is 2. The maximum Gasteiger partial charge on any atom is -0.00179 e. The van der Waals surface area contributed by atoms with Crippen molar-refractivity contribution in [2.75, 3.05) is 13.1 Å². The van der Waals surface area contributed by atoms with E-state index in [-0.39, 0.29) is 0 Å². The molecule has 1 aliphatic rings. The summed E-state index contributed by atoms with van der Waals surface area (Å²) in [7, 11) is 0. The van der Waals surface area contributed by atoms with Gasteiger partial charge in [0.15, 0.2) is 0 Å². The molecule has 0 aromatic rings. The average Bonchev–Trinajstić information content (AvgIpc) is 2.40. The van der Waals surface area contributed by atoms with E-state index >= 15 is 0 Å². The first-order valence-corrected chi connectivity index (χ1v) is 8.52. The Labute approximate surface area is 115 Å². The van der Waals surface area contributed by atoms with Crippen molar-refractivity contribution in [2.24, 2.45) is 17.8 Å². The minimum Gasteiger partial charge on any atom is -0.316 e. The summed E-state index contributed by atoms with van der Waals surface area (Å²) in [4.78, 5) is 0. The second kappa shape index (κ2) is 9.83. The molecule has 0 amide bonds. The molecule has 1 nitrogen and oxygen atoms in total. The fraction of sp³-hybridized carbons (Fsp3) is 1.00. The topological polar surface area (TPSA) is 12.0 Å². The van der Waals surface area contributed by atoms with Crippen LogP contribution in [0.25, 0.3) is 0 Å². The van der Waals surface area contributed by atoms with Crippen molar-refractivity contribution in [2.45, 2.75) is 78.6 Å². The summed E-state index contributed by atoms with van der Waals surface area (Å²) in [6.07, 6.45) is 12.9. The lowest BCUT2D eigenvalue weighted by atomic mass is 9.71. The molecular formula is C17H35N. The number of rotatable bonds is 9. The van der Waals surface area contributed by atoms with Crippen molar-refractivity contribution in [1.29, 1.82) is 0 Å². The molecule has 0 aromatic carbocycles. The Bertz CT molecular complexity index is 188. The molecular weight excluding hydrogens is 218 g/mol. The molecule has 0 aromatic heterocycles. The summed E-state index contributed by atoms with van der Waals surface area (Å²) >= 11 is 0. The summed E-state index contributed by atoms with van der Waals surface area (Å²) in [6, 6.07) is 0. The minimum absolute atomic E-state index is 0.969. The van der Waals surface area contributed by atoms with Crippen LogP contribution in [-0.4, -0.2) is 13.1 Å². The molecule has 18 heavy (non-hydrogen) atoms. The summed E-state index contributed by atoms with van der Waals surface area (Å²) in [5.41, 5.74) is 0. The van der Waals surface area contributed by atoms with Crippen LogP contribution in [0.1, 0.15) is 78.6 Å². The van der Waals surface area contributed by atoms with Gasteiger partial charge in [-0.3, -0.25) is 0 Å². The van der Waals surface area contributed by atoms with E-state index in [4.69, 9.17) is 0 Å². The zero-order chi connectivity index (χ0) is 13.2. The maximum absolute atomic E-state index is 3.66. The number of hydrogen-bond donors (Lipinski definition) is 1. The van der Waals surface area contributed by atoms with E-state index in [1.165, 1.54) is 70.9 Å². The Morgan fingerprint density at radius 1 is 0.944 bits per heavy atom. The highest BCUT2D eigenvalue weighted by atomic mass is 14.9. The monoisotopic (exact) mass is 253 g/mol. The average molecular weight is 253 g/mol. The summed E-state index contributed by atoms with van der Waals surface area (Å²) < 4.78 is 0. The molecule has 0 heterocycles. The molecule has 3 atom stereocenters. The lowest BCUT2D eigenvalue weighted by Crippen LogP contribution is -2.33. The van der Waals surface area contributed by atoms with Crippen LogP contribution < -0.4 is 5.32 Å². The van der Waals surface area contributed by atoms with E-state index in [9.17, 15) is 0 Å². The van der Waals surface area contributed by atoms with Gasteiger partial charge in [-0.15, -0.1) is 0 Å². The number of hydrogen-bond acceptors (Lipinski definition) is 1. The Hall–Kier alpha value is -0.0400. The molecule has 0 spiro atoms. The third-order valence-electron chi connectivity index (χ3n) is 4.84. The molecule has 0 radical (unpaired) electrons. The second-order valence-corrected chi connectivity index (χ2v) is 6.31. The van der Waals surface area contributed by atoms with E-state index < -0.39 is 0 Å². The van der Waals surface area contributed by atoms with E-state index in [0.29, 0.717) is 0 Å². The van der Waals surface area contributed by atoms with Gasteiger partial charge in [-0.25, -0.2) is 0 Å². The van der Waals surface area contributed by atoms with E-state index in [1.807, 2.05) is 0 Å². The molecule has 108 valence electrons. The van der Waals surface area contributed by atoms with Gasteiger partial charge in [-0.05, 0) is 50.1 Å². The fourth-order valence-electron chi connectivity index (χ4n) is 3.54. The van der Waals surface area contributed by atoms with Crippen molar-refractivity contribution >= 4 is 0 Å². The van der Waals surface area contributed by atoms with Gasteiger partial charge in [0.05, 0.1) is 0 Å². The van der Waals surface area contributed by atoms with Crippen LogP contribution in [0.2, 0.25) is 0 Å². The second-order valence-electron chi connectivity index (χ2n) is 6.31. The van der Waals surface area contributed by atoms with Crippen LogP contribution in [-0.2, 0) is 0 Å². The Kier molecular flexibility index (Phi) is 8.75. The van der Waals surface area contributed by atoms with Crippen LogP contribution in [0.5, 0.6) is 0 Å². The summed E-state index contributed by atoms with van der Waals surface area (Å²) in [5, 5.41) is 3.66. The van der Waals surface area contributed by atoms with Crippen LogP contribution >= 0.6 is 0 Å². The highest BCUT2D eigenvalue weighted by Gasteiger charge is 2.28.